The number of aromatic nitrogens is 4. The Morgan fingerprint density at radius 3 is 2.06 bits per heavy atom. The highest BCUT2D eigenvalue weighted by atomic mass is 15.6. The lowest BCUT2D eigenvalue weighted by atomic mass is 10.0. The average Bonchev–Trinajstić information content (AvgIpc) is 2.78. The molecule has 4 heteroatoms. The Bertz CT molecular complexity index is 482. The van der Waals surface area contributed by atoms with Gasteiger partial charge >= 0.3 is 0 Å². The number of rotatable bonds is 3. The Hall–Kier alpha value is -1.71. The van der Waals surface area contributed by atoms with Crippen molar-refractivity contribution in [2.75, 3.05) is 0 Å². The third kappa shape index (κ3) is 2.52. The molecule has 0 saturated heterocycles. The minimum atomic E-state index is 0.304. The van der Waals surface area contributed by atoms with Gasteiger partial charge in [0.2, 0.25) is 0 Å². The quantitative estimate of drug-likeness (QED) is 0.814. The van der Waals surface area contributed by atoms with Crippen LogP contribution in [0.3, 0.4) is 0 Å². The van der Waals surface area contributed by atoms with Gasteiger partial charge in [-0.25, -0.2) is 0 Å². The maximum absolute atomic E-state index is 4.35. The van der Waals surface area contributed by atoms with E-state index < -0.39 is 0 Å². The van der Waals surface area contributed by atoms with Crippen LogP contribution >= 0.6 is 0 Å². The van der Waals surface area contributed by atoms with Crippen molar-refractivity contribution in [3.8, 4) is 5.69 Å². The van der Waals surface area contributed by atoms with E-state index >= 15 is 0 Å². The molecule has 1 heterocycles. The average molecular weight is 230 g/mol. The molecule has 0 N–H and O–H groups in total. The zero-order valence-corrected chi connectivity index (χ0v) is 10.8. The Labute approximate surface area is 102 Å². The van der Waals surface area contributed by atoms with E-state index in [-0.39, 0.29) is 0 Å². The molecule has 0 radical (unpaired) electrons. The van der Waals surface area contributed by atoms with Crippen molar-refractivity contribution >= 4 is 0 Å². The standard InChI is InChI=1S/C13H18N4/c1-9(2)11-5-7-12(8-6-11)17-15-13(10(3)4)14-16-17/h5-10H,1-4H3. The minimum absolute atomic E-state index is 0.304. The Kier molecular flexibility index (Phi) is 3.22. The first-order valence-electron chi connectivity index (χ1n) is 5.98. The summed E-state index contributed by atoms with van der Waals surface area (Å²) in [5.41, 5.74) is 2.27. The van der Waals surface area contributed by atoms with Gasteiger partial charge in [-0.15, -0.1) is 15.0 Å². The molecule has 0 aliphatic heterocycles. The molecule has 1 aromatic carbocycles. The van der Waals surface area contributed by atoms with Crippen LogP contribution in [-0.4, -0.2) is 20.2 Å². The summed E-state index contributed by atoms with van der Waals surface area (Å²) >= 11 is 0. The van der Waals surface area contributed by atoms with Crippen LogP contribution in [0.1, 0.15) is 50.9 Å². The molecular formula is C13H18N4. The third-order valence-electron chi connectivity index (χ3n) is 2.74. The molecule has 4 nitrogen and oxygen atoms in total. The van der Waals surface area contributed by atoms with Crippen molar-refractivity contribution in [1.29, 1.82) is 0 Å². The highest BCUT2D eigenvalue weighted by Crippen LogP contribution is 2.16. The summed E-state index contributed by atoms with van der Waals surface area (Å²) < 4.78 is 0. The van der Waals surface area contributed by atoms with E-state index in [1.165, 1.54) is 5.56 Å². The molecule has 0 aliphatic rings. The summed E-state index contributed by atoms with van der Waals surface area (Å²) in [6, 6.07) is 8.28. The van der Waals surface area contributed by atoms with Crippen LogP contribution in [0.5, 0.6) is 0 Å². The molecule has 90 valence electrons. The minimum Gasteiger partial charge on any atom is -0.131 e. The summed E-state index contributed by atoms with van der Waals surface area (Å²) in [7, 11) is 0. The molecular weight excluding hydrogens is 212 g/mol. The van der Waals surface area contributed by atoms with E-state index in [2.05, 4.69) is 55.2 Å². The fourth-order valence-corrected chi connectivity index (χ4v) is 1.56. The monoisotopic (exact) mass is 230 g/mol. The first-order chi connectivity index (χ1) is 8.08. The van der Waals surface area contributed by atoms with Crippen molar-refractivity contribution < 1.29 is 0 Å². The lowest BCUT2D eigenvalue weighted by Crippen LogP contribution is -2.00. The van der Waals surface area contributed by atoms with E-state index in [1.807, 2.05) is 12.1 Å². The maximum Gasteiger partial charge on any atom is 0.177 e. The fraction of sp³-hybridized carbons (Fsp3) is 0.462. The third-order valence-corrected chi connectivity index (χ3v) is 2.74. The second-order valence-corrected chi connectivity index (χ2v) is 4.84. The van der Waals surface area contributed by atoms with Gasteiger partial charge in [0.05, 0.1) is 5.69 Å². The van der Waals surface area contributed by atoms with Crippen molar-refractivity contribution in [2.24, 2.45) is 0 Å². The van der Waals surface area contributed by atoms with Crippen LogP contribution in [0.15, 0.2) is 24.3 Å². The van der Waals surface area contributed by atoms with Crippen LogP contribution in [0.25, 0.3) is 5.69 Å². The van der Waals surface area contributed by atoms with Gasteiger partial charge in [-0.1, -0.05) is 39.8 Å². The van der Waals surface area contributed by atoms with Crippen molar-refractivity contribution in [3.63, 3.8) is 0 Å². The summed E-state index contributed by atoms with van der Waals surface area (Å²) in [5.74, 6) is 1.62. The van der Waals surface area contributed by atoms with Gasteiger partial charge in [0.15, 0.2) is 5.82 Å². The zero-order chi connectivity index (χ0) is 12.4. The van der Waals surface area contributed by atoms with Gasteiger partial charge in [0, 0.05) is 5.92 Å². The summed E-state index contributed by atoms with van der Waals surface area (Å²) in [4.78, 5) is 1.58. The highest BCUT2D eigenvalue weighted by Gasteiger charge is 2.08. The van der Waals surface area contributed by atoms with Gasteiger partial charge in [-0.3, -0.25) is 0 Å². The maximum atomic E-state index is 4.35. The molecule has 0 fully saturated rings. The molecule has 0 unspecified atom stereocenters. The van der Waals surface area contributed by atoms with E-state index in [4.69, 9.17) is 0 Å². The van der Waals surface area contributed by atoms with Crippen LogP contribution in [0.2, 0.25) is 0 Å². The molecule has 0 spiro atoms. The van der Waals surface area contributed by atoms with Crippen LogP contribution in [-0.2, 0) is 0 Å². The Morgan fingerprint density at radius 2 is 1.59 bits per heavy atom. The van der Waals surface area contributed by atoms with Gasteiger partial charge in [-0.05, 0) is 28.8 Å². The number of benzene rings is 1. The highest BCUT2D eigenvalue weighted by molar-refractivity contribution is 5.33. The van der Waals surface area contributed by atoms with E-state index in [9.17, 15) is 0 Å². The second kappa shape index (κ2) is 4.65. The van der Waals surface area contributed by atoms with Crippen molar-refractivity contribution in [3.05, 3.63) is 35.7 Å². The van der Waals surface area contributed by atoms with Gasteiger partial charge in [0.25, 0.3) is 0 Å². The van der Waals surface area contributed by atoms with Crippen LogP contribution in [0, 0.1) is 0 Å². The van der Waals surface area contributed by atoms with Crippen LogP contribution in [0.4, 0.5) is 0 Å². The fourth-order valence-electron chi connectivity index (χ4n) is 1.56. The zero-order valence-electron chi connectivity index (χ0n) is 10.8. The van der Waals surface area contributed by atoms with Crippen LogP contribution < -0.4 is 0 Å². The predicted molar refractivity (Wildman–Crippen MR) is 67.3 cm³/mol. The number of hydrogen-bond acceptors (Lipinski definition) is 3. The normalized spacial score (nSPS) is 11.4. The largest absolute Gasteiger partial charge is 0.177 e. The number of nitrogens with zero attached hydrogens (tertiary/aromatic N) is 4. The van der Waals surface area contributed by atoms with E-state index in [1.54, 1.807) is 4.80 Å². The molecule has 0 bridgehead atoms. The summed E-state index contributed by atoms with van der Waals surface area (Å²) in [6.07, 6.45) is 0. The molecule has 2 aromatic rings. The molecule has 17 heavy (non-hydrogen) atoms. The molecule has 0 atom stereocenters. The first kappa shape index (κ1) is 11.8. The van der Waals surface area contributed by atoms with E-state index in [0.717, 1.165) is 11.5 Å². The number of tetrazole rings is 1. The van der Waals surface area contributed by atoms with Gasteiger partial charge < -0.3 is 0 Å². The van der Waals surface area contributed by atoms with Gasteiger partial charge in [-0.2, -0.15) is 0 Å². The Morgan fingerprint density at radius 1 is 0.941 bits per heavy atom. The molecule has 0 aliphatic carbocycles. The predicted octanol–water partition coefficient (Wildman–Crippen LogP) is 2.91. The molecule has 0 amide bonds. The summed E-state index contributed by atoms with van der Waals surface area (Å²) in [6.45, 7) is 8.48. The lowest BCUT2D eigenvalue weighted by molar-refractivity contribution is 0.710. The molecule has 0 saturated carbocycles. The topological polar surface area (TPSA) is 43.6 Å². The molecule has 1 aromatic heterocycles. The molecule has 2 rings (SSSR count). The number of hydrogen-bond donors (Lipinski definition) is 0. The smallest absolute Gasteiger partial charge is 0.131 e. The van der Waals surface area contributed by atoms with E-state index in [0.29, 0.717) is 11.8 Å². The second-order valence-electron chi connectivity index (χ2n) is 4.84. The SMILES string of the molecule is CC(C)c1ccc(-n2nnc(C(C)C)n2)cc1. The first-order valence-corrected chi connectivity index (χ1v) is 5.98. The van der Waals surface area contributed by atoms with Gasteiger partial charge in [0.1, 0.15) is 0 Å². The van der Waals surface area contributed by atoms with Crippen molar-refractivity contribution in [1.82, 2.24) is 20.2 Å². The lowest BCUT2D eigenvalue weighted by Gasteiger charge is -2.05. The summed E-state index contributed by atoms with van der Waals surface area (Å²) in [5, 5.41) is 12.4. The Balaban J connectivity index is 2.27. The van der Waals surface area contributed by atoms with Crippen molar-refractivity contribution in [2.45, 2.75) is 39.5 Å².